The van der Waals surface area contributed by atoms with Crippen LogP contribution in [0.25, 0.3) is 0 Å². The molecule has 0 bridgehead atoms. The third-order valence-electron chi connectivity index (χ3n) is 5.37. The van der Waals surface area contributed by atoms with Crippen molar-refractivity contribution in [2.75, 3.05) is 25.4 Å². The Bertz CT molecular complexity index is 656. The Kier molecular flexibility index (Phi) is 5.69. The van der Waals surface area contributed by atoms with Gasteiger partial charge in [-0.1, -0.05) is 23.9 Å². The highest BCUT2D eigenvalue weighted by molar-refractivity contribution is 8.13. The number of nitrogens with two attached hydrogens (primary N) is 1. The average Bonchev–Trinajstić information content (AvgIpc) is 2.62. The zero-order chi connectivity index (χ0) is 17.9. The summed E-state index contributed by atoms with van der Waals surface area (Å²) in [6.45, 7) is 3.87. The standard InChI is InChI=1S/C19H27N3O2S/c1-19(8-12-25-18(20)21-19)16-4-2-3-15(13-16)17(24)22-9-5-14(6-10-22)7-11-23/h2-4,13-14,23H,5-12H2,1H3,(H2,20,21). The molecule has 2 heterocycles. The summed E-state index contributed by atoms with van der Waals surface area (Å²) < 4.78 is 0. The number of hydrogen-bond donors (Lipinski definition) is 2. The number of amidine groups is 1. The van der Waals surface area contributed by atoms with E-state index in [2.05, 4.69) is 11.9 Å². The third-order valence-corrected chi connectivity index (χ3v) is 6.16. The monoisotopic (exact) mass is 361 g/mol. The van der Waals surface area contributed by atoms with E-state index >= 15 is 0 Å². The van der Waals surface area contributed by atoms with E-state index in [-0.39, 0.29) is 18.1 Å². The van der Waals surface area contributed by atoms with Crippen LogP contribution in [0.3, 0.4) is 0 Å². The summed E-state index contributed by atoms with van der Waals surface area (Å²) >= 11 is 1.59. The van der Waals surface area contributed by atoms with Gasteiger partial charge < -0.3 is 15.7 Å². The number of thioether (sulfide) groups is 1. The van der Waals surface area contributed by atoms with Gasteiger partial charge in [-0.3, -0.25) is 9.79 Å². The second kappa shape index (κ2) is 7.79. The third kappa shape index (κ3) is 4.18. The number of aliphatic hydroxyl groups is 1. The van der Waals surface area contributed by atoms with Crippen molar-refractivity contribution in [2.45, 2.75) is 38.1 Å². The molecule has 1 aromatic rings. The van der Waals surface area contributed by atoms with Crippen molar-refractivity contribution >= 4 is 22.8 Å². The minimum atomic E-state index is -0.347. The highest BCUT2D eigenvalue weighted by atomic mass is 32.2. The molecule has 0 saturated carbocycles. The molecule has 2 aliphatic rings. The second-order valence-corrected chi connectivity index (χ2v) is 8.27. The van der Waals surface area contributed by atoms with E-state index < -0.39 is 0 Å². The molecule has 0 aromatic heterocycles. The predicted octanol–water partition coefficient (Wildman–Crippen LogP) is 2.59. The van der Waals surface area contributed by atoms with E-state index in [1.54, 1.807) is 11.8 Å². The van der Waals surface area contributed by atoms with Crippen LogP contribution in [0, 0.1) is 5.92 Å². The first-order valence-electron chi connectivity index (χ1n) is 9.00. The highest BCUT2D eigenvalue weighted by Gasteiger charge is 2.30. The predicted molar refractivity (Wildman–Crippen MR) is 103 cm³/mol. The summed E-state index contributed by atoms with van der Waals surface area (Å²) in [6.07, 6.45) is 3.71. The molecule has 136 valence electrons. The number of carbonyl (C=O) groups excluding carboxylic acids is 1. The van der Waals surface area contributed by atoms with E-state index in [0.717, 1.165) is 55.7 Å². The number of carbonyl (C=O) groups is 1. The molecule has 1 amide bonds. The number of nitrogens with zero attached hydrogens (tertiary/aromatic N) is 2. The van der Waals surface area contributed by atoms with Crippen molar-refractivity contribution < 1.29 is 9.90 Å². The first kappa shape index (κ1) is 18.3. The number of aliphatic imine (C=N–C) groups is 1. The number of amides is 1. The molecule has 2 aliphatic heterocycles. The fourth-order valence-corrected chi connectivity index (χ4v) is 4.65. The Morgan fingerprint density at radius 2 is 2.20 bits per heavy atom. The Balaban J connectivity index is 1.73. The van der Waals surface area contributed by atoms with Crippen molar-refractivity contribution in [3.8, 4) is 0 Å². The number of rotatable bonds is 4. The van der Waals surface area contributed by atoms with Gasteiger partial charge in [-0.2, -0.15) is 0 Å². The Morgan fingerprint density at radius 3 is 2.88 bits per heavy atom. The van der Waals surface area contributed by atoms with E-state index in [9.17, 15) is 4.79 Å². The maximum Gasteiger partial charge on any atom is 0.253 e. The summed E-state index contributed by atoms with van der Waals surface area (Å²) in [6, 6.07) is 7.85. The normalized spacial score (nSPS) is 24.9. The minimum Gasteiger partial charge on any atom is -0.396 e. The SMILES string of the molecule is CC1(c2cccc(C(=O)N3CCC(CCO)CC3)c2)CCSC(N)=N1. The molecule has 0 aliphatic carbocycles. The van der Waals surface area contributed by atoms with Gasteiger partial charge in [0.2, 0.25) is 0 Å². The van der Waals surface area contributed by atoms with Crippen LogP contribution in [0.1, 0.15) is 48.5 Å². The van der Waals surface area contributed by atoms with Gasteiger partial charge in [-0.15, -0.1) is 0 Å². The van der Waals surface area contributed by atoms with Gasteiger partial charge in [0.25, 0.3) is 5.91 Å². The van der Waals surface area contributed by atoms with Crippen LogP contribution in [0.2, 0.25) is 0 Å². The lowest BCUT2D eigenvalue weighted by Crippen LogP contribution is -2.38. The summed E-state index contributed by atoms with van der Waals surface area (Å²) in [7, 11) is 0. The van der Waals surface area contributed by atoms with Crippen molar-refractivity contribution in [1.29, 1.82) is 0 Å². The quantitative estimate of drug-likeness (QED) is 0.864. The zero-order valence-corrected chi connectivity index (χ0v) is 15.6. The number of piperidine rings is 1. The molecule has 1 unspecified atom stereocenters. The molecule has 1 atom stereocenters. The first-order valence-corrected chi connectivity index (χ1v) is 9.99. The van der Waals surface area contributed by atoms with E-state index in [1.807, 2.05) is 29.2 Å². The van der Waals surface area contributed by atoms with Crippen LogP contribution >= 0.6 is 11.8 Å². The lowest BCUT2D eigenvalue weighted by Gasteiger charge is -2.33. The van der Waals surface area contributed by atoms with Crippen molar-refractivity contribution in [1.82, 2.24) is 4.90 Å². The summed E-state index contributed by atoms with van der Waals surface area (Å²) in [4.78, 5) is 19.5. The zero-order valence-electron chi connectivity index (χ0n) is 14.8. The van der Waals surface area contributed by atoms with Gasteiger partial charge in [-0.25, -0.2) is 0 Å². The molecule has 0 spiro atoms. The van der Waals surface area contributed by atoms with E-state index in [0.29, 0.717) is 11.1 Å². The molecule has 6 heteroatoms. The molecule has 5 nitrogen and oxygen atoms in total. The molecule has 3 N–H and O–H groups in total. The summed E-state index contributed by atoms with van der Waals surface area (Å²) in [5.41, 5.74) is 7.35. The van der Waals surface area contributed by atoms with Crippen molar-refractivity contribution in [3.05, 3.63) is 35.4 Å². The Labute approximate surface area is 153 Å². The lowest BCUT2D eigenvalue weighted by atomic mass is 9.88. The van der Waals surface area contributed by atoms with Crippen LogP contribution in [-0.2, 0) is 5.54 Å². The van der Waals surface area contributed by atoms with Crippen LogP contribution in [-0.4, -0.2) is 46.5 Å². The molecule has 0 radical (unpaired) electrons. The topological polar surface area (TPSA) is 78.9 Å². The molecule has 1 aromatic carbocycles. The maximum atomic E-state index is 12.9. The van der Waals surface area contributed by atoms with Gasteiger partial charge >= 0.3 is 0 Å². The van der Waals surface area contributed by atoms with Crippen LogP contribution < -0.4 is 5.73 Å². The highest BCUT2D eigenvalue weighted by Crippen LogP contribution is 2.35. The largest absolute Gasteiger partial charge is 0.396 e. The lowest BCUT2D eigenvalue weighted by molar-refractivity contribution is 0.0678. The minimum absolute atomic E-state index is 0.0926. The van der Waals surface area contributed by atoms with E-state index in [1.165, 1.54) is 0 Å². The van der Waals surface area contributed by atoms with Crippen LogP contribution in [0.4, 0.5) is 0 Å². The number of hydrogen-bond acceptors (Lipinski definition) is 5. The van der Waals surface area contributed by atoms with Gasteiger partial charge in [-0.05, 0) is 56.2 Å². The van der Waals surface area contributed by atoms with Gasteiger partial charge in [0.05, 0.1) is 5.54 Å². The molecule has 25 heavy (non-hydrogen) atoms. The first-order chi connectivity index (χ1) is 12.0. The number of likely N-dealkylation sites (tertiary alicyclic amines) is 1. The molecular weight excluding hydrogens is 334 g/mol. The van der Waals surface area contributed by atoms with Gasteiger partial charge in [0.15, 0.2) is 5.17 Å². The average molecular weight is 362 g/mol. The fourth-order valence-electron chi connectivity index (χ4n) is 3.67. The Morgan fingerprint density at radius 1 is 1.44 bits per heavy atom. The van der Waals surface area contributed by atoms with Gasteiger partial charge in [0.1, 0.15) is 0 Å². The fraction of sp³-hybridized carbons (Fsp3) is 0.579. The second-order valence-electron chi connectivity index (χ2n) is 7.15. The summed E-state index contributed by atoms with van der Waals surface area (Å²) in [5, 5.41) is 9.69. The molecule has 1 fully saturated rings. The smallest absolute Gasteiger partial charge is 0.253 e. The van der Waals surface area contributed by atoms with Gasteiger partial charge in [0, 0.05) is 31.0 Å². The van der Waals surface area contributed by atoms with Crippen molar-refractivity contribution in [2.24, 2.45) is 16.6 Å². The molecular formula is C19H27N3O2S. The number of aliphatic hydroxyl groups excluding tert-OH is 1. The molecule has 1 saturated heterocycles. The summed E-state index contributed by atoms with van der Waals surface area (Å²) in [5.74, 6) is 1.58. The van der Waals surface area contributed by atoms with Crippen molar-refractivity contribution in [3.63, 3.8) is 0 Å². The number of benzene rings is 1. The van der Waals surface area contributed by atoms with E-state index in [4.69, 9.17) is 10.8 Å². The Hall–Kier alpha value is -1.53. The van der Waals surface area contributed by atoms with Crippen LogP contribution in [0.15, 0.2) is 29.3 Å². The maximum absolute atomic E-state index is 12.9. The van der Waals surface area contributed by atoms with Crippen LogP contribution in [0.5, 0.6) is 0 Å². The molecule has 3 rings (SSSR count).